The van der Waals surface area contributed by atoms with Crippen molar-refractivity contribution in [2.24, 2.45) is 0 Å². The molecule has 33 heavy (non-hydrogen) atoms. The molecule has 3 rings (SSSR count). The van der Waals surface area contributed by atoms with Crippen molar-refractivity contribution >= 4 is 29.2 Å². The second kappa shape index (κ2) is 12.4. The number of nitrogens with one attached hydrogen (secondary N) is 4. The Labute approximate surface area is 194 Å². The molecule has 2 aliphatic rings. The fourth-order valence-electron chi connectivity index (χ4n) is 4.53. The molecule has 9 heteroatoms. The summed E-state index contributed by atoms with van der Waals surface area (Å²) in [4.78, 5) is 35.3. The third kappa shape index (κ3) is 7.91. The molecule has 0 aromatic heterocycles. The molecule has 0 aliphatic heterocycles. The van der Waals surface area contributed by atoms with E-state index in [0.29, 0.717) is 17.8 Å². The van der Waals surface area contributed by atoms with E-state index >= 15 is 0 Å². The third-order valence-corrected chi connectivity index (χ3v) is 6.33. The maximum atomic E-state index is 14.9. The lowest BCUT2D eigenvalue weighted by molar-refractivity contribution is -0.137. The summed E-state index contributed by atoms with van der Waals surface area (Å²) in [5, 5.41) is 20.5. The molecular weight excluding hydrogens is 427 g/mol. The Morgan fingerprint density at radius 2 is 1.48 bits per heavy atom. The molecule has 2 saturated carbocycles. The molecule has 0 radical (unpaired) electrons. The van der Waals surface area contributed by atoms with Gasteiger partial charge in [-0.05, 0) is 44.2 Å². The van der Waals surface area contributed by atoms with E-state index < -0.39 is 23.6 Å². The normalized spacial score (nSPS) is 16.9. The molecule has 0 bridgehead atoms. The molecule has 2 amide bonds. The first kappa shape index (κ1) is 24.8. The zero-order valence-electron chi connectivity index (χ0n) is 19.1. The Balaban J connectivity index is 1.65. The van der Waals surface area contributed by atoms with Crippen molar-refractivity contribution < 1.29 is 23.9 Å². The van der Waals surface area contributed by atoms with E-state index in [1.807, 2.05) is 0 Å². The molecule has 0 unspecified atom stereocenters. The summed E-state index contributed by atoms with van der Waals surface area (Å²) in [7, 11) is 0. The molecule has 0 atom stereocenters. The van der Waals surface area contributed by atoms with Crippen LogP contribution in [-0.2, 0) is 9.59 Å². The smallest absolute Gasteiger partial charge is 0.303 e. The van der Waals surface area contributed by atoms with Crippen molar-refractivity contribution in [2.75, 3.05) is 23.7 Å². The second-order valence-electron chi connectivity index (χ2n) is 9.01. The first-order valence-corrected chi connectivity index (χ1v) is 12.1. The number of carbonyl (C=O) groups excluding carboxylic acids is 2. The summed E-state index contributed by atoms with van der Waals surface area (Å²) in [6, 6.07) is 3.39. The molecule has 0 saturated heterocycles. The van der Waals surface area contributed by atoms with E-state index in [9.17, 15) is 18.8 Å². The zero-order chi connectivity index (χ0) is 23.6. The van der Waals surface area contributed by atoms with E-state index in [4.69, 9.17) is 5.11 Å². The van der Waals surface area contributed by atoms with E-state index in [-0.39, 0.29) is 37.2 Å². The number of rotatable bonds is 11. The quantitative estimate of drug-likeness (QED) is 0.320. The van der Waals surface area contributed by atoms with E-state index in [1.54, 1.807) is 6.07 Å². The summed E-state index contributed by atoms with van der Waals surface area (Å²) in [5.74, 6) is -2.36. The highest BCUT2D eigenvalue weighted by molar-refractivity contribution is 6.01. The summed E-state index contributed by atoms with van der Waals surface area (Å²) in [6.07, 6.45) is 10.0. The largest absolute Gasteiger partial charge is 0.481 e. The molecule has 1 aromatic rings. The number of anilines is 2. The number of carbonyl (C=O) groups is 3. The fourth-order valence-corrected chi connectivity index (χ4v) is 4.53. The topological polar surface area (TPSA) is 120 Å². The predicted molar refractivity (Wildman–Crippen MR) is 125 cm³/mol. The van der Waals surface area contributed by atoms with Crippen LogP contribution in [0.25, 0.3) is 0 Å². The SMILES string of the molecule is O=C(O)CCCNC(=O)CNC(=O)c1cc(F)c(NC2CCCCC2)cc1NC1CCCC1. The molecule has 0 heterocycles. The molecule has 0 spiro atoms. The molecule has 2 fully saturated rings. The molecule has 8 nitrogen and oxygen atoms in total. The van der Waals surface area contributed by atoms with Gasteiger partial charge in [-0.2, -0.15) is 0 Å². The van der Waals surface area contributed by atoms with Crippen LogP contribution in [0.15, 0.2) is 12.1 Å². The van der Waals surface area contributed by atoms with E-state index in [1.165, 1.54) is 12.5 Å². The lowest BCUT2D eigenvalue weighted by Crippen LogP contribution is -2.37. The van der Waals surface area contributed by atoms with Gasteiger partial charge in [0.2, 0.25) is 5.91 Å². The Bertz CT molecular complexity index is 836. The van der Waals surface area contributed by atoms with Crippen LogP contribution in [0.2, 0.25) is 0 Å². The van der Waals surface area contributed by atoms with Gasteiger partial charge in [-0.1, -0.05) is 32.1 Å². The standard InChI is InChI=1S/C24H35FN4O4/c25-19-13-18(24(33)27-15-22(30)26-12-6-11-23(31)32)20(28-16-9-4-5-10-16)14-21(19)29-17-7-2-1-3-8-17/h13-14,16-17,28-29H,1-12,15H2,(H,26,30)(H,27,33)(H,31,32). The maximum absolute atomic E-state index is 14.9. The van der Waals surface area contributed by atoms with Crippen molar-refractivity contribution in [1.29, 1.82) is 0 Å². The van der Waals surface area contributed by atoms with Gasteiger partial charge in [-0.15, -0.1) is 0 Å². The number of amides is 2. The van der Waals surface area contributed by atoms with Gasteiger partial charge in [-0.25, -0.2) is 4.39 Å². The molecule has 2 aliphatic carbocycles. The number of hydrogen-bond donors (Lipinski definition) is 5. The van der Waals surface area contributed by atoms with Crippen molar-refractivity contribution in [3.05, 3.63) is 23.5 Å². The van der Waals surface area contributed by atoms with Crippen molar-refractivity contribution in [3.8, 4) is 0 Å². The summed E-state index contributed by atoms with van der Waals surface area (Å²) < 4.78 is 14.9. The van der Waals surface area contributed by atoms with Crippen LogP contribution in [0.3, 0.4) is 0 Å². The minimum atomic E-state index is -0.928. The lowest BCUT2D eigenvalue weighted by atomic mass is 9.95. The first-order chi connectivity index (χ1) is 15.9. The van der Waals surface area contributed by atoms with Crippen molar-refractivity contribution in [1.82, 2.24) is 10.6 Å². The fraction of sp³-hybridized carbons (Fsp3) is 0.625. The predicted octanol–water partition coefficient (Wildman–Crippen LogP) is 3.64. The lowest BCUT2D eigenvalue weighted by Gasteiger charge is -2.25. The molecular formula is C24H35FN4O4. The zero-order valence-corrected chi connectivity index (χ0v) is 19.1. The van der Waals surface area contributed by atoms with Gasteiger partial charge in [0.05, 0.1) is 17.8 Å². The molecule has 1 aromatic carbocycles. The number of hydrogen-bond acceptors (Lipinski definition) is 5. The maximum Gasteiger partial charge on any atom is 0.303 e. The van der Waals surface area contributed by atoms with Gasteiger partial charge >= 0.3 is 5.97 Å². The highest BCUT2D eigenvalue weighted by Gasteiger charge is 2.22. The van der Waals surface area contributed by atoms with Crippen LogP contribution in [0.1, 0.15) is 81.0 Å². The Hall–Kier alpha value is -2.84. The Kier molecular flexibility index (Phi) is 9.33. The second-order valence-corrected chi connectivity index (χ2v) is 9.01. The average Bonchev–Trinajstić information content (AvgIpc) is 3.31. The highest BCUT2D eigenvalue weighted by Crippen LogP contribution is 2.30. The average molecular weight is 463 g/mol. The van der Waals surface area contributed by atoms with Gasteiger partial charge in [-0.3, -0.25) is 14.4 Å². The number of carboxylic acids is 1. The summed E-state index contributed by atoms with van der Waals surface area (Å²) >= 11 is 0. The van der Waals surface area contributed by atoms with Crippen LogP contribution in [0.5, 0.6) is 0 Å². The van der Waals surface area contributed by atoms with Gasteiger partial charge < -0.3 is 26.4 Å². The first-order valence-electron chi connectivity index (χ1n) is 12.1. The molecule has 5 N–H and O–H groups in total. The highest BCUT2D eigenvalue weighted by atomic mass is 19.1. The summed E-state index contributed by atoms with van der Waals surface area (Å²) in [6.45, 7) is -0.0515. The molecule has 182 valence electrons. The number of aliphatic carboxylic acids is 1. The van der Waals surface area contributed by atoms with Crippen LogP contribution in [0, 0.1) is 5.82 Å². The number of benzene rings is 1. The third-order valence-electron chi connectivity index (χ3n) is 6.33. The Morgan fingerprint density at radius 3 is 2.12 bits per heavy atom. The minimum Gasteiger partial charge on any atom is -0.481 e. The van der Waals surface area contributed by atoms with Gasteiger partial charge in [0.15, 0.2) is 0 Å². The van der Waals surface area contributed by atoms with Crippen LogP contribution < -0.4 is 21.3 Å². The van der Waals surface area contributed by atoms with Crippen LogP contribution >= 0.6 is 0 Å². The van der Waals surface area contributed by atoms with Gasteiger partial charge in [0, 0.05) is 30.7 Å². The Morgan fingerprint density at radius 1 is 0.879 bits per heavy atom. The van der Waals surface area contributed by atoms with Crippen molar-refractivity contribution in [2.45, 2.75) is 82.7 Å². The van der Waals surface area contributed by atoms with Gasteiger partial charge in [0.25, 0.3) is 5.91 Å². The van der Waals surface area contributed by atoms with E-state index in [2.05, 4.69) is 21.3 Å². The van der Waals surface area contributed by atoms with Crippen LogP contribution in [-0.4, -0.2) is 48.1 Å². The van der Waals surface area contributed by atoms with Crippen LogP contribution in [0.4, 0.5) is 15.8 Å². The van der Waals surface area contributed by atoms with Gasteiger partial charge in [0.1, 0.15) is 5.82 Å². The summed E-state index contributed by atoms with van der Waals surface area (Å²) in [5.41, 5.74) is 1.14. The number of halogens is 1. The minimum absolute atomic E-state index is 0.0383. The monoisotopic (exact) mass is 462 g/mol. The van der Waals surface area contributed by atoms with Crippen molar-refractivity contribution in [3.63, 3.8) is 0 Å². The van der Waals surface area contributed by atoms with E-state index in [0.717, 1.165) is 51.4 Å². The number of carboxylic acid groups (broad SMARTS) is 1.